The van der Waals surface area contributed by atoms with Crippen LogP contribution in [0.3, 0.4) is 0 Å². The first kappa shape index (κ1) is 8.70. The molecule has 0 saturated carbocycles. The van der Waals surface area contributed by atoms with Crippen LogP contribution in [0.4, 0.5) is 0 Å². The standard InChI is InChI=1S/C8H16O/c1-4-8(5-2)7-9-6-3/h4,8H,1,5-7H2,2-3H3. The molecule has 1 nitrogen and oxygen atoms in total. The average Bonchev–Trinajstić information content (AvgIpc) is 1.91. The highest BCUT2D eigenvalue weighted by Crippen LogP contribution is 2.02. The predicted octanol–water partition coefficient (Wildman–Crippen LogP) is 2.24. The summed E-state index contributed by atoms with van der Waals surface area (Å²) in [7, 11) is 0. The lowest BCUT2D eigenvalue weighted by molar-refractivity contribution is 0.123. The van der Waals surface area contributed by atoms with E-state index in [1.165, 1.54) is 0 Å². The first-order valence-corrected chi connectivity index (χ1v) is 3.55. The fraction of sp³-hybridized carbons (Fsp3) is 0.750. The van der Waals surface area contributed by atoms with E-state index in [0.717, 1.165) is 19.6 Å². The van der Waals surface area contributed by atoms with Crippen LogP contribution in [0.5, 0.6) is 0 Å². The monoisotopic (exact) mass is 128 g/mol. The minimum absolute atomic E-state index is 0.546. The zero-order valence-corrected chi connectivity index (χ0v) is 6.39. The van der Waals surface area contributed by atoms with Gasteiger partial charge in [-0.1, -0.05) is 13.0 Å². The van der Waals surface area contributed by atoms with Crippen LogP contribution < -0.4 is 0 Å². The van der Waals surface area contributed by atoms with Crippen LogP contribution in [0, 0.1) is 5.92 Å². The average molecular weight is 128 g/mol. The van der Waals surface area contributed by atoms with Gasteiger partial charge in [0.2, 0.25) is 0 Å². The molecule has 0 N–H and O–H groups in total. The molecule has 0 fully saturated rings. The Bertz CT molecular complexity index is 69.0. The van der Waals surface area contributed by atoms with Crippen LogP contribution in [0.15, 0.2) is 12.7 Å². The number of hydrogen-bond donors (Lipinski definition) is 0. The number of rotatable bonds is 5. The minimum atomic E-state index is 0.546. The quantitative estimate of drug-likeness (QED) is 0.516. The highest BCUT2D eigenvalue weighted by atomic mass is 16.5. The molecule has 54 valence electrons. The maximum absolute atomic E-state index is 5.21. The Labute approximate surface area is 57.7 Å². The van der Waals surface area contributed by atoms with E-state index in [0.29, 0.717) is 5.92 Å². The second-order valence-electron chi connectivity index (χ2n) is 2.06. The molecule has 0 aromatic rings. The van der Waals surface area contributed by atoms with Gasteiger partial charge in [0, 0.05) is 6.61 Å². The molecule has 0 aliphatic carbocycles. The molecule has 1 atom stereocenters. The maximum Gasteiger partial charge on any atom is 0.0528 e. The van der Waals surface area contributed by atoms with Crippen LogP contribution in [-0.2, 0) is 4.74 Å². The van der Waals surface area contributed by atoms with Crippen molar-refractivity contribution >= 4 is 0 Å². The summed E-state index contributed by atoms with van der Waals surface area (Å²) in [5, 5.41) is 0. The molecule has 0 radical (unpaired) electrons. The lowest BCUT2D eigenvalue weighted by Crippen LogP contribution is -2.04. The van der Waals surface area contributed by atoms with Gasteiger partial charge in [0.1, 0.15) is 0 Å². The van der Waals surface area contributed by atoms with E-state index in [1.54, 1.807) is 0 Å². The smallest absolute Gasteiger partial charge is 0.0528 e. The molecule has 1 unspecified atom stereocenters. The topological polar surface area (TPSA) is 9.23 Å². The lowest BCUT2D eigenvalue weighted by atomic mass is 10.1. The van der Waals surface area contributed by atoms with Gasteiger partial charge in [-0.2, -0.15) is 0 Å². The summed E-state index contributed by atoms with van der Waals surface area (Å²) in [4.78, 5) is 0. The van der Waals surface area contributed by atoms with Crippen LogP contribution in [0.1, 0.15) is 20.3 Å². The first-order chi connectivity index (χ1) is 4.35. The Morgan fingerprint density at radius 2 is 2.22 bits per heavy atom. The third-order valence-electron chi connectivity index (χ3n) is 1.39. The van der Waals surface area contributed by atoms with Crippen molar-refractivity contribution < 1.29 is 4.74 Å². The third-order valence-corrected chi connectivity index (χ3v) is 1.39. The van der Waals surface area contributed by atoms with Crippen molar-refractivity contribution in [2.45, 2.75) is 20.3 Å². The van der Waals surface area contributed by atoms with E-state index in [1.807, 2.05) is 13.0 Å². The molecule has 0 rings (SSSR count). The van der Waals surface area contributed by atoms with Gasteiger partial charge < -0.3 is 4.74 Å². The third kappa shape index (κ3) is 4.22. The molecule has 0 heterocycles. The van der Waals surface area contributed by atoms with Crippen molar-refractivity contribution in [3.8, 4) is 0 Å². The maximum atomic E-state index is 5.21. The van der Waals surface area contributed by atoms with E-state index >= 15 is 0 Å². The molecule has 1 heteroatoms. The fourth-order valence-corrected chi connectivity index (χ4v) is 0.622. The van der Waals surface area contributed by atoms with E-state index in [4.69, 9.17) is 4.74 Å². The summed E-state index contributed by atoms with van der Waals surface area (Å²) < 4.78 is 5.21. The van der Waals surface area contributed by atoms with Crippen LogP contribution >= 0.6 is 0 Å². The summed E-state index contributed by atoms with van der Waals surface area (Å²) in [5.74, 6) is 0.546. The van der Waals surface area contributed by atoms with Gasteiger partial charge in [-0.15, -0.1) is 6.58 Å². The molecule has 0 aliphatic rings. The molecule has 0 aromatic carbocycles. The first-order valence-electron chi connectivity index (χ1n) is 3.55. The fourth-order valence-electron chi connectivity index (χ4n) is 0.622. The number of hydrogen-bond acceptors (Lipinski definition) is 1. The van der Waals surface area contributed by atoms with Gasteiger partial charge in [0.05, 0.1) is 6.61 Å². The van der Waals surface area contributed by atoms with E-state index in [9.17, 15) is 0 Å². The molecule has 9 heavy (non-hydrogen) atoms. The zero-order chi connectivity index (χ0) is 7.11. The van der Waals surface area contributed by atoms with Crippen molar-refractivity contribution in [1.29, 1.82) is 0 Å². The SMILES string of the molecule is C=CC(CC)COCC. The zero-order valence-electron chi connectivity index (χ0n) is 6.39. The van der Waals surface area contributed by atoms with Crippen molar-refractivity contribution in [3.63, 3.8) is 0 Å². The highest BCUT2D eigenvalue weighted by Gasteiger charge is 1.97. The highest BCUT2D eigenvalue weighted by molar-refractivity contribution is 4.76. The van der Waals surface area contributed by atoms with E-state index in [2.05, 4.69) is 13.5 Å². The second kappa shape index (κ2) is 5.83. The Morgan fingerprint density at radius 1 is 1.56 bits per heavy atom. The molecular formula is C8H16O. The molecule has 0 saturated heterocycles. The summed E-state index contributed by atoms with van der Waals surface area (Å²) in [6.07, 6.45) is 3.08. The Kier molecular flexibility index (Phi) is 5.64. The summed E-state index contributed by atoms with van der Waals surface area (Å²) in [6.45, 7) is 9.50. The largest absolute Gasteiger partial charge is 0.381 e. The van der Waals surface area contributed by atoms with Gasteiger partial charge in [0.25, 0.3) is 0 Å². The van der Waals surface area contributed by atoms with Crippen molar-refractivity contribution in [1.82, 2.24) is 0 Å². The van der Waals surface area contributed by atoms with Gasteiger partial charge in [-0.05, 0) is 19.3 Å². The summed E-state index contributed by atoms with van der Waals surface area (Å²) in [6, 6.07) is 0. The molecule has 0 bridgehead atoms. The van der Waals surface area contributed by atoms with Crippen LogP contribution in [-0.4, -0.2) is 13.2 Å². The molecule has 0 aromatic heterocycles. The van der Waals surface area contributed by atoms with Crippen LogP contribution in [0.25, 0.3) is 0 Å². The van der Waals surface area contributed by atoms with Crippen molar-refractivity contribution in [2.24, 2.45) is 5.92 Å². The second-order valence-corrected chi connectivity index (χ2v) is 2.06. The molecule has 0 spiro atoms. The van der Waals surface area contributed by atoms with Crippen molar-refractivity contribution in [3.05, 3.63) is 12.7 Å². The van der Waals surface area contributed by atoms with E-state index < -0.39 is 0 Å². The molecule has 0 amide bonds. The van der Waals surface area contributed by atoms with E-state index in [-0.39, 0.29) is 0 Å². The molecule has 0 aliphatic heterocycles. The van der Waals surface area contributed by atoms with Gasteiger partial charge in [-0.3, -0.25) is 0 Å². The minimum Gasteiger partial charge on any atom is -0.381 e. The van der Waals surface area contributed by atoms with Gasteiger partial charge >= 0.3 is 0 Å². The Hall–Kier alpha value is -0.300. The molecular weight excluding hydrogens is 112 g/mol. The summed E-state index contributed by atoms with van der Waals surface area (Å²) >= 11 is 0. The summed E-state index contributed by atoms with van der Waals surface area (Å²) in [5.41, 5.74) is 0. The number of ether oxygens (including phenoxy) is 1. The van der Waals surface area contributed by atoms with Gasteiger partial charge in [-0.25, -0.2) is 0 Å². The normalized spacial score (nSPS) is 13.1. The van der Waals surface area contributed by atoms with Crippen molar-refractivity contribution in [2.75, 3.05) is 13.2 Å². The van der Waals surface area contributed by atoms with Crippen LogP contribution in [0.2, 0.25) is 0 Å². The van der Waals surface area contributed by atoms with Gasteiger partial charge in [0.15, 0.2) is 0 Å². The predicted molar refractivity (Wildman–Crippen MR) is 40.5 cm³/mol. The Morgan fingerprint density at radius 3 is 2.56 bits per heavy atom. The lowest BCUT2D eigenvalue weighted by Gasteiger charge is -2.07. The Balaban J connectivity index is 3.20.